The summed E-state index contributed by atoms with van der Waals surface area (Å²) in [7, 11) is 1.63. The summed E-state index contributed by atoms with van der Waals surface area (Å²) in [4.78, 5) is 13.0. The Kier molecular flexibility index (Phi) is 3.96. The molecule has 1 atom stereocenters. The predicted molar refractivity (Wildman–Crippen MR) is 85.1 cm³/mol. The van der Waals surface area contributed by atoms with E-state index in [0.717, 1.165) is 30.0 Å². The van der Waals surface area contributed by atoms with Crippen molar-refractivity contribution >= 4 is 5.69 Å². The lowest BCUT2D eigenvalue weighted by Gasteiger charge is -2.37. The fourth-order valence-electron chi connectivity index (χ4n) is 3.07. The molecule has 0 amide bonds. The lowest BCUT2D eigenvalue weighted by molar-refractivity contribution is -0.483. The van der Waals surface area contributed by atoms with Crippen LogP contribution in [0, 0.1) is 10.1 Å². The van der Waals surface area contributed by atoms with Crippen LogP contribution >= 0.6 is 0 Å². The quantitative estimate of drug-likeness (QED) is 0.643. The minimum absolute atomic E-state index is 0.0942. The zero-order valence-electron chi connectivity index (χ0n) is 12.4. The van der Waals surface area contributed by atoms with Gasteiger partial charge in [0, 0.05) is 17.2 Å². The molecular weight excluding hydrogens is 280 g/mol. The molecule has 0 N–H and O–H groups in total. The maximum absolute atomic E-state index is 11.1. The number of rotatable bonds is 4. The number of hydrogen-bond donors (Lipinski definition) is 0. The van der Waals surface area contributed by atoms with Gasteiger partial charge in [0.2, 0.25) is 6.54 Å². The molecule has 0 aliphatic carbocycles. The summed E-state index contributed by atoms with van der Waals surface area (Å²) in [5.41, 5.74) is 3.25. The molecule has 5 nitrogen and oxygen atoms in total. The number of methoxy groups -OCH3 is 1. The van der Waals surface area contributed by atoms with E-state index in [1.54, 1.807) is 7.11 Å². The van der Waals surface area contributed by atoms with Crippen molar-refractivity contribution in [2.75, 3.05) is 25.1 Å². The molecule has 0 spiro atoms. The van der Waals surface area contributed by atoms with E-state index in [-0.39, 0.29) is 17.5 Å². The van der Waals surface area contributed by atoms with Crippen molar-refractivity contribution in [3.63, 3.8) is 0 Å². The van der Waals surface area contributed by atoms with Gasteiger partial charge in [-0.25, -0.2) is 0 Å². The SMILES string of the molecule is COc1ccc(N2CCc3ccccc3[C@@H]2C[N+](=O)[O-])cc1. The van der Waals surface area contributed by atoms with Crippen molar-refractivity contribution in [3.8, 4) is 5.75 Å². The van der Waals surface area contributed by atoms with Gasteiger partial charge >= 0.3 is 0 Å². The summed E-state index contributed by atoms with van der Waals surface area (Å²) >= 11 is 0. The Morgan fingerprint density at radius 3 is 2.64 bits per heavy atom. The van der Waals surface area contributed by atoms with Gasteiger partial charge in [-0.15, -0.1) is 0 Å². The van der Waals surface area contributed by atoms with Gasteiger partial charge in [-0.05, 0) is 41.8 Å². The summed E-state index contributed by atoms with van der Waals surface area (Å²) in [6.45, 7) is 0.685. The largest absolute Gasteiger partial charge is 0.497 e. The third-order valence-corrected chi connectivity index (χ3v) is 4.14. The lowest BCUT2D eigenvalue weighted by Crippen LogP contribution is -2.39. The highest BCUT2D eigenvalue weighted by molar-refractivity contribution is 5.53. The van der Waals surface area contributed by atoms with Crippen LogP contribution in [-0.2, 0) is 6.42 Å². The molecule has 0 bridgehead atoms. The van der Waals surface area contributed by atoms with Gasteiger partial charge in [-0.2, -0.15) is 0 Å². The van der Waals surface area contributed by atoms with E-state index in [1.165, 1.54) is 5.56 Å². The van der Waals surface area contributed by atoms with Crippen molar-refractivity contribution in [2.24, 2.45) is 0 Å². The first kappa shape index (κ1) is 14.4. The molecule has 0 aromatic heterocycles. The van der Waals surface area contributed by atoms with Gasteiger partial charge in [0.25, 0.3) is 0 Å². The zero-order chi connectivity index (χ0) is 15.5. The molecule has 0 saturated heterocycles. The fraction of sp³-hybridized carbons (Fsp3) is 0.294. The van der Waals surface area contributed by atoms with Crippen molar-refractivity contribution in [3.05, 3.63) is 69.8 Å². The molecule has 5 heteroatoms. The van der Waals surface area contributed by atoms with Crippen molar-refractivity contribution < 1.29 is 9.66 Å². The van der Waals surface area contributed by atoms with Gasteiger partial charge in [0.05, 0.1) is 7.11 Å². The van der Waals surface area contributed by atoms with Crippen LogP contribution in [0.1, 0.15) is 17.2 Å². The van der Waals surface area contributed by atoms with Gasteiger partial charge < -0.3 is 9.64 Å². The molecule has 1 aliphatic heterocycles. The summed E-state index contributed by atoms with van der Waals surface area (Å²) in [5, 5.41) is 11.1. The first-order valence-corrected chi connectivity index (χ1v) is 7.29. The maximum atomic E-state index is 11.1. The fourth-order valence-corrected chi connectivity index (χ4v) is 3.07. The second-order valence-corrected chi connectivity index (χ2v) is 5.37. The van der Waals surface area contributed by atoms with E-state index in [9.17, 15) is 10.1 Å². The topological polar surface area (TPSA) is 55.6 Å². The number of ether oxygens (including phenoxy) is 1. The van der Waals surface area contributed by atoms with E-state index in [4.69, 9.17) is 4.74 Å². The standard InChI is InChI=1S/C17H18N2O3/c1-22-15-8-6-14(7-9-15)18-11-10-13-4-2-3-5-16(13)17(18)12-19(20)21/h2-9,17H,10-12H2,1H3/t17-/m0/s1. The maximum Gasteiger partial charge on any atom is 0.228 e. The molecule has 2 aromatic rings. The van der Waals surface area contributed by atoms with Gasteiger partial charge in [-0.1, -0.05) is 24.3 Å². The van der Waals surface area contributed by atoms with E-state index in [0.29, 0.717) is 0 Å². The molecule has 0 fully saturated rings. The van der Waals surface area contributed by atoms with E-state index in [2.05, 4.69) is 11.0 Å². The molecule has 2 aromatic carbocycles. The summed E-state index contributed by atoms with van der Waals surface area (Å²) in [6, 6.07) is 15.5. The summed E-state index contributed by atoms with van der Waals surface area (Å²) < 4.78 is 5.18. The average Bonchev–Trinajstić information content (AvgIpc) is 2.55. The minimum Gasteiger partial charge on any atom is -0.497 e. The second-order valence-electron chi connectivity index (χ2n) is 5.37. The Hall–Kier alpha value is -2.56. The van der Waals surface area contributed by atoms with Gasteiger partial charge in [0.1, 0.15) is 11.8 Å². The Balaban J connectivity index is 1.97. The third-order valence-electron chi connectivity index (χ3n) is 4.14. The highest BCUT2D eigenvalue weighted by Gasteiger charge is 2.31. The van der Waals surface area contributed by atoms with E-state index in [1.807, 2.05) is 42.5 Å². The Bertz CT molecular complexity index is 670. The van der Waals surface area contributed by atoms with Crippen LogP contribution in [0.25, 0.3) is 0 Å². The molecule has 1 heterocycles. The number of hydrogen-bond acceptors (Lipinski definition) is 4. The zero-order valence-corrected chi connectivity index (χ0v) is 12.4. The van der Waals surface area contributed by atoms with Gasteiger partial charge in [0.15, 0.2) is 0 Å². The van der Waals surface area contributed by atoms with Crippen molar-refractivity contribution in [2.45, 2.75) is 12.5 Å². The molecule has 1 aliphatic rings. The normalized spacial score (nSPS) is 17.0. The second kappa shape index (κ2) is 6.05. The number of nitrogens with zero attached hydrogens (tertiary/aromatic N) is 2. The highest BCUT2D eigenvalue weighted by Crippen LogP contribution is 2.34. The number of benzene rings is 2. The Morgan fingerprint density at radius 2 is 1.95 bits per heavy atom. The van der Waals surface area contributed by atoms with Crippen LogP contribution < -0.4 is 9.64 Å². The molecule has 3 rings (SSSR count). The van der Waals surface area contributed by atoms with Crippen LogP contribution in [0.15, 0.2) is 48.5 Å². The number of anilines is 1. The molecule has 22 heavy (non-hydrogen) atoms. The minimum atomic E-state index is -0.233. The smallest absolute Gasteiger partial charge is 0.228 e. The van der Waals surface area contributed by atoms with Crippen molar-refractivity contribution in [1.82, 2.24) is 0 Å². The monoisotopic (exact) mass is 298 g/mol. The average molecular weight is 298 g/mol. The van der Waals surface area contributed by atoms with Crippen LogP contribution in [0.3, 0.4) is 0 Å². The third kappa shape index (κ3) is 2.74. The summed E-state index contributed by atoms with van der Waals surface area (Å²) in [6.07, 6.45) is 0.899. The molecule has 0 unspecified atom stereocenters. The number of nitro groups is 1. The number of fused-ring (bicyclic) bond motifs is 1. The van der Waals surface area contributed by atoms with Gasteiger partial charge in [-0.3, -0.25) is 10.1 Å². The first-order chi connectivity index (χ1) is 10.7. The van der Waals surface area contributed by atoms with Crippen LogP contribution in [0.2, 0.25) is 0 Å². The van der Waals surface area contributed by atoms with Crippen LogP contribution in [0.5, 0.6) is 5.75 Å². The molecule has 0 saturated carbocycles. The molecule has 114 valence electrons. The summed E-state index contributed by atoms with van der Waals surface area (Å²) in [5.74, 6) is 0.784. The van der Waals surface area contributed by atoms with E-state index < -0.39 is 0 Å². The predicted octanol–water partition coefficient (Wildman–Crippen LogP) is 3.08. The van der Waals surface area contributed by atoms with E-state index >= 15 is 0 Å². The van der Waals surface area contributed by atoms with Crippen LogP contribution in [-0.4, -0.2) is 25.1 Å². The Labute approximate surface area is 129 Å². The highest BCUT2D eigenvalue weighted by atomic mass is 16.6. The van der Waals surface area contributed by atoms with Crippen LogP contribution in [0.4, 0.5) is 5.69 Å². The first-order valence-electron chi connectivity index (χ1n) is 7.29. The lowest BCUT2D eigenvalue weighted by atomic mass is 9.92. The van der Waals surface area contributed by atoms with Crippen molar-refractivity contribution in [1.29, 1.82) is 0 Å². The molecular formula is C17H18N2O3. The molecule has 0 radical (unpaired) electrons. The Morgan fingerprint density at radius 1 is 1.23 bits per heavy atom.